The maximum absolute atomic E-state index is 12.1. The van der Waals surface area contributed by atoms with E-state index in [-0.39, 0.29) is 0 Å². The van der Waals surface area contributed by atoms with Gasteiger partial charge in [0.1, 0.15) is 6.33 Å². The van der Waals surface area contributed by atoms with Crippen molar-refractivity contribution in [1.82, 2.24) is 9.55 Å². The molecule has 0 amide bonds. The van der Waals surface area contributed by atoms with Crippen LogP contribution in [0, 0.1) is 0 Å². The fraction of sp³-hybridized carbons (Fsp3) is 0.167. The lowest BCUT2D eigenvalue weighted by atomic mass is 9.93. The van der Waals surface area contributed by atoms with E-state index < -0.39 is 6.09 Å². The molecule has 0 fully saturated rings. The molecule has 0 atom stereocenters. The van der Waals surface area contributed by atoms with Crippen molar-refractivity contribution in [3.8, 4) is 22.3 Å². The Bertz CT molecular complexity index is 1110. The summed E-state index contributed by atoms with van der Waals surface area (Å²) in [6.07, 6.45) is 3.26. The zero-order valence-corrected chi connectivity index (χ0v) is 16.1. The molecule has 0 aliphatic heterocycles. The van der Waals surface area contributed by atoms with Crippen LogP contribution in [0.15, 0.2) is 73.1 Å². The maximum Gasteiger partial charge on any atom is 0.419 e. The minimum Gasteiger partial charge on any atom is -0.452 e. The van der Waals surface area contributed by atoms with E-state index in [9.17, 15) is 4.79 Å². The molecule has 0 saturated heterocycles. The second-order valence-corrected chi connectivity index (χ2v) is 6.78. The predicted molar refractivity (Wildman–Crippen MR) is 112 cm³/mol. The molecule has 4 rings (SSSR count). The van der Waals surface area contributed by atoms with Gasteiger partial charge in [0.2, 0.25) is 0 Å². The minimum atomic E-state index is -0.445. The number of ether oxygens (including phenoxy) is 1. The highest BCUT2D eigenvalue weighted by molar-refractivity contribution is 5.96. The fourth-order valence-electron chi connectivity index (χ4n) is 3.53. The number of fused-ring (bicyclic) bond motifs is 1. The van der Waals surface area contributed by atoms with E-state index in [1.807, 2.05) is 30.3 Å². The molecule has 28 heavy (non-hydrogen) atoms. The molecule has 4 heteroatoms. The summed E-state index contributed by atoms with van der Waals surface area (Å²) in [6.45, 7) is 2.18. The van der Waals surface area contributed by atoms with Gasteiger partial charge in [-0.1, -0.05) is 67.9 Å². The van der Waals surface area contributed by atoms with Crippen LogP contribution < -0.4 is 0 Å². The number of aromatic nitrogens is 2. The van der Waals surface area contributed by atoms with Crippen molar-refractivity contribution in [1.29, 1.82) is 0 Å². The molecule has 4 aromatic rings. The van der Waals surface area contributed by atoms with Gasteiger partial charge in [0.25, 0.3) is 0 Å². The Morgan fingerprint density at radius 3 is 2.32 bits per heavy atom. The number of aryl methyl sites for hydroxylation is 1. The molecule has 140 valence electrons. The zero-order chi connectivity index (χ0) is 19.5. The first-order valence-electron chi connectivity index (χ1n) is 9.45. The Kier molecular flexibility index (Phi) is 4.94. The zero-order valence-electron chi connectivity index (χ0n) is 16.1. The third-order valence-electron chi connectivity index (χ3n) is 4.95. The monoisotopic (exact) mass is 370 g/mol. The van der Waals surface area contributed by atoms with Crippen LogP contribution in [0.3, 0.4) is 0 Å². The third kappa shape index (κ3) is 3.29. The topological polar surface area (TPSA) is 44.1 Å². The largest absolute Gasteiger partial charge is 0.452 e. The van der Waals surface area contributed by atoms with E-state index >= 15 is 0 Å². The SMILES string of the molecule is CCCc1ccc(-c2cc3c(cc2-c2ccccc2)ncn3C(=O)OC)cc1. The first-order valence-corrected chi connectivity index (χ1v) is 9.45. The molecule has 0 bridgehead atoms. The van der Waals surface area contributed by atoms with Crippen molar-refractivity contribution < 1.29 is 9.53 Å². The molecule has 0 unspecified atom stereocenters. The summed E-state index contributed by atoms with van der Waals surface area (Å²) in [6, 6.07) is 23.0. The number of nitrogens with zero attached hydrogens (tertiary/aromatic N) is 2. The fourth-order valence-corrected chi connectivity index (χ4v) is 3.53. The Labute approximate surface area is 164 Å². The van der Waals surface area contributed by atoms with Crippen LogP contribution in [0.1, 0.15) is 18.9 Å². The van der Waals surface area contributed by atoms with Crippen molar-refractivity contribution in [2.45, 2.75) is 19.8 Å². The van der Waals surface area contributed by atoms with Crippen LogP contribution in [0.2, 0.25) is 0 Å². The summed E-state index contributed by atoms with van der Waals surface area (Å²) >= 11 is 0. The molecule has 0 N–H and O–H groups in total. The van der Waals surface area contributed by atoms with E-state index in [2.05, 4.69) is 48.3 Å². The Morgan fingerprint density at radius 2 is 1.64 bits per heavy atom. The molecule has 0 radical (unpaired) electrons. The number of benzene rings is 3. The number of rotatable bonds is 4. The second-order valence-electron chi connectivity index (χ2n) is 6.78. The van der Waals surface area contributed by atoms with Crippen molar-refractivity contribution >= 4 is 17.1 Å². The summed E-state index contributed by atoms with van der Waals surface area (Å²) in [4.78, 5) is 16.5. The summed E-state index contributed by atoms with van der Waals surface area (Å²) in [5.41, 5.74) is 7.20. The lowest BCUT2D eigenvalue weighted by molar-refractivity contribution is 0.174. The quantitative estimate of drug-likeness (QED) is 0.447. The van der Waals surface area contributed by atoms with Gasteiger partial charge in [0.05, 0.1) is 18.1 Å². The van der Waals surface area contributed by atoms with Crippen LogP contribution in [-0.4, -0.2) is 22.8 Å². The first kappa shape index (κ1) is 18.0. The van der Waals surface area contributed by atoms with Crippen molar-refractivity contribution in [3.05, 3.63) is 78.6 Å². The molecule has 0 aliphatic carbocycles. The van der Waals surface area contributed by atoms with Gasteiger partial charge in [-0.3, -0.25) is 0 Å². The first-order chi connectivity index (χ1) is 13.7. The molecule has 4 nitrogen and oxygen atoms in total. The van der Waals surface area contributed by atoms with Gasteiger partial charge < -0.3 is 4.74 Å². The van der Waals surface area contributed by atoms with Crippen LogP contribution in [0.4, 0.5) is 4.79 Å². The van der Waals surface area contributed by atoms with E-state index in [1.54, 1.807) is 0 Å². The summed E-state index contributed by atoms with van der Waals surface area (Å²) in [5.74, 6) is 0. The molecular weight excluding hydrogens is 348 g/mol. The van der Waals surface area contributed by atoms with Gasteiger partial charge >= 0.3 is 6.09 Å². The number of imidazole rings is 1. The van der Waals surface area contributed by atoms with Gasteiger partial charge in [-0.2, -0.15) is 0 Å². The number of methoxy groups -OCH3 is 1. The van der Waals surface area contributed by atoms with Crippen molar-refractivity contribution in [3.63, 3.8) is 0 Å². The van der Waals surface area contributed by atoms with Gasteiger partial charge in [-0.25, -0.2) is 14.3 Å². The summed E-state index contributed by atoms with van der Waals surface area (Å²) in [5, 5.41) is 0. The van der Waals surface area contributed by atoms with E-state index in [4.69, 9.17) is 4.74 Å². The lowest BCUT2D eigenvalue weighted by Crippen LogP contribution is -2.09. The Morgan fingerprint density at radius 1 is 0.964 bits per heavy atom. The van der Waals surface area contributed by atoms with Crippen LogP contribution >= 0.6 is 0 Å². The van der Waals surface area contributed by atoms with E-state index in [1.165, 1.54) is 23.6 Å². The maximum atomic E-state index is 12.1. The highest BCUT2D eigenvalue weighted by Gasteiger charge is 2.15. The lowest BCUT2D eigenvalue weighted by Gasteiger charge is -2.12. The second kappa shape index (κ2) is 7.69. The summed E-state index contributed by atoms with van der Waals surface area (Å²) < 4.78 is 6.33. The molecule has 0 spiro atoms. The smallest absolute Gasteiger partial charge is 0.419 e. The van der Waals surface area contributed by atoms with Crippen LogP contribution in [0.5, 0.6) is 0 Å². The van der Waals surface area contributed by atoms with Gasteiger partial charge in [0.15, 0.2) is 0 Å². The van der Waals surface area contributed by atoms with Crippen molar-refractivity contribution in [2.75, 3.05) is 7.11 Å². The third-order valence-corrected chi connectivity index (χ3v) is 4.95. The van der Waals surface area contributed by atoms with E-state index in [0.29, 0.717) is 0 Å². The Hall–Kier alpha value is -3.40. The minimum absolute atomic E-state index is 0.445. The molecular formula is C24H22N2O2. The number of carbonyl (C=O) groups is 1. The summed E-state index contributed by atoms with van der Waals surface area (Å²) in [7, 11) is 1.37. The predicted octanol–water partition coefficient (Wildman–Crippen LogP) is 5.94. The molecule has 1 aromatic heterocycles. The van der Waals surface area contributed by atoms with E-state index in [0.717, 1.165) is 46.1 Å². The van der Waals surface area contributed by atoms with Crippen LogP contribution in [0.25, 0.3) is 33.3 Å². The number of hydrogen-bond acceptors (Lipinski definition) is 3. The van der Waals surface area contributed by atoms with Gasteiger partial charge in [-0.15, -0.1) is 0 Å². The van der Waals surface area contributed by atoms with Crippen molar-refractivity contribution in [2.24, 2.45) is 0 Å². The molecule has 0 saturated carbocycles. The molecule has 3 aromatic carbocycles. The number of carbonyl (C=O) groups excluding carboxylic acids is 1. The highest BCUT2D eigenvalue weighted by Crippen LogP contribution is 2.35. The highest BCUT2D eigenvalue weighted by atomic mass is 16.5. The van der Waals surface area contributed by atoms with Gasteiger partial charge in [-0.05, 0) is 46.4 Å². The normalized spacial score (nSPS) is 10.9. The Balaban J connectivity index is 1.93. The van der Waals surface area contributed by atoms with Gasteiger partial charge in [0, 0.05) is 0 Å². The molecule has 0 aliphatic rings. The standard InChI is InChI=1S/C24H22N2O2/c1-3-7-17-10-12-19(13-11-17)21-15-23-22(25-16-26(23)24(27)28-2)14-20(21)18-8-5-4-6-9-18/h4-6,8-16H,3,7H2,1-2H3. The average molecular weight is 370 g/mol. The molecule has 1 heterocycles. The number of hydrogen-bond donors (Lipinski definition) is 0. The van der Waals surface area contributed by atoms with Crippen LogP contribution in [-0.2, 0) is 11.2 Å². The average Bonchev–Trinajstić information content (AvgIpc) is 3.17.